The first kappa shape index (κ1) is 24.5. The fraction of sp³-hybridized carbons (Fsp3) is 0.222. The van der Waals surface area contributed by atoms with Crippen LogP contribution in [0, 0.1) is 0 Å². The lowest BCUT2D eigenvalue weighted by Crippen LogP contribution is -2.35. The molecule has 0 saturated carbocycles. The Morgan fingerprint density at radius 3 is 2.46 bits per heavy atom. The van der Waals surface area contributed by atoms with Gasteiger partial charge >= 0.3 is 0 Å². The van der Waals surface area contributed by atoms with E-state index in [4.69, 9.17) is 14.5 Å². The SMILES string of the molecule is COCCN(Cc1ccccc1)C(=O)CSc1nc2ccccc2c(=O)n1-c1ccccc1OC. The van der Waals surface area contributed by atoms with E-state index in [1.54, 1.807) is 37.3 Å². The summed E-state index contributed by atoms with van der Waals surface area (Å²) in [6.07, 6.45) is 0. The average molecular weight is 490 g/mol. The Hall–Kier alpha value is -3.62. The summed E-state index contributed by atoms with van der Waals surface area (Å²) in [6.45, 7) is 1.38. The highest BCUT2D eigenvalue weighted by molar-refractivity contribution is 7.99. The van der Waals surface area contributed by atoms with E-state index in [1.807, 2.05) is 60.7 Å². The van der Waals surface area contributed by atoms with E-state index in [0.717, 1.165) is 5.56 Å². The number of benzene rings is 3. The second kappa shape index (κ2) is 11.7. The van der Waals surface area contributed by atoms with Crippen molar-refractivity contribution in [3.63, 3.8) is 0 Å². The number of amides is 1. The normalized spacial score (nSPS) is 10.9. The summed E-state index contributed by atoms with van der Waals surface area (Å²) in [6, 6.07) is 24.3. The fourth-order valence-corrected chi connectivity index (χ4v) is 4.66. The van der Waals surface area contributed by atoms with Gasteiger partial charge in [-0.05, 0) is 29.8 Å². The standard InChI is InChI=1S/C27H27N3O4S/c1-33-17-16-29(18-20-10-4-3-5-11-20)25(31)19-35-27-28-22-13-7-6-12-21(22)26(32)30(27)23-14-8-9-15-24(23)34-2/h3-15H,16-19H2,1-2H3. The number of carbonyl (C=O) groups excluding carboxylic acids is 1. The second-order valence-electron chi connectivity index (χ2n) is 7.81. The van der Waals surface area contributed by atoms with Gasteiger partial charge in [0.15, 0.2) is 5.16 Å². The number of nitrogens with zero attached hydrogens (tertiary/aromatic N) is 3. The molecule has 0 bridgehead atoms. The van der Waals surface area contributed by atoms with Crippen LogP contribution in [0.25, 0.3) is 16.6 Å². The van der Waals surface area contributed by atoms with Crippen LogP contribution in [0.4, 0.5) is 0 Å². The molecule has 0 aliphatic heterocycles. The van der Waals surface area contributed by atoms with Gasteiger partial charge in [-0.25, -0.2) is 4.98 Å². The van der Waals surface area contributed by atoms with Crippen LogP contribution in [0.1, 0.15) is 5.56 Å². The quantitative estimate of drug-likeness (QED) is 0.246. The van der Waals surface area contributed by atoms with E-state index < -0.39 is 0 Å². The first-order valence-electron chi connectivity index (χ1n) is 11.2. The number of hydrogen-bond donors (Lipinski definition) is 0. The largest absolute Gasteiger partial charge is 0.495 e. The minimum absolute atomic E-state index is 0.0649. The maximum Gasteiger partial charge on any atom is 0.266 e. The molecule has 1 aromatic heterocycles. The molecule has 0 unspecified atom stereocenters. The summed E-state index contributed by atoms with van der Waals surface area (Å²) in [4.78, 5) is 33.3. The van der Waals surface area contributed by atoms with Crippen molar-refractivity contribution in [2.24, 2.45) is 0 Å². The van der Waals surface area contributed by atoms with E-state index in [-0.39, 0.29) is 17.2 Å². The van der Waals surface area contributed by atoms with Gasteiger partial charge in [-0.2, -0.15) is 0 Å². The third-order valence-electron chi connectivity index (χ3n) is 5.53. The first-order chi connectivity index (χ1) is 17.1. The lowest BCUT2D eigenvalue weighted by Gasteiger charge is -2.23. The fourth-order valence-electron chi connectivity index (χ4n) is 3.75. The van der Waals surface area contributed by atoms with Gasteiger partial charge in [0.05, 0.1) is 36.1 Å². The van der Waals surface area contributed by atoms with Gasteiger partial charge in [-0.3, -0.25) is 14.2 Å². The Balaban J connectivity index is 1.67. The average Bonchev–Trinajstić information content (AvgIpc) is 2.90. The molecule has 0 N–H and O–H groups in total. The predicted octanol–water partition coefficient (Wildman–Crippen LogP) is 4.16. The summed E-state index contributed by atoms with van der Waals surface area (Å²) in [7, 11) is 3.18. The molecule has 1 heterocycles. The summed E-state index contributed by atoms with van der Waals surface area (Å²) in [5.74, 6) is 0.603. The van der Waals surface area contributed by atoms with Crippen molar-refractivity contribution in [3.8, 4) is 11.4 Å². The Bertz CT molecular complexity index is 1360. The maximum absolute atomic E-state index is 13.5. The lowest BCUT2D eigenvalue weighted by molar-refractivity contribution is -0.129. The molecule has 0 aliphatic carbocycles. The van der Waals surface area contributed by atoms with Crippen LogP contribution in [0.3, 0.4) is 0 Å². The molecular formula is C27H27N3O4S. The number of rotatable bonds is 10. The molecule has 4 rings (SSSR count). The van der Waals surface area contributed by atoms with Crippen molar-refractivity contribution < 1.29 is 14.3 Å². The van der Waals surface area contributed by atoms with Gasteiger partial charge in [0.2, 0.25) is 5.91 Å². The van der Waals surface area contributed by atoms with Gasteiger partial charge in [0, 0.05) is 20.2 Å². The van der Waals surface area contributed by atoms with Crippen LogP contribution in [0.2, 0.25) is 0 Å². The molecule has 35 heavy (non-hydrogen) atoms. The number of hydrogen-bond acceptors (Lipinski definition) is 6. The number of aromatic nitrogens is 2. The highest BCUT2D eigenvalue weighted by Crippen LogP contribution is 2.27. The summed E-state index contributed by atoms with van der Waals surface area (Å²) >= 11 is 1.23. The van der Waals surface area contributed by atoms with Crippen molar-refractivity contribution >= 4 is 28.6 Å². The Morgan fingerprint density at radius 1 is 0.971 bits per heavy atom. The van der Waals surface area contributed by atoms with Crippen LogP contribution >= 0.6 is 11.8 Å². The number of ether oxygens (including phenoxy) is 2. The third kappa shape index (κ3) is 5.72. The molecule has 180 valence electrons. The van der Waals surface area contributed by atoms with E-state index in [9.17, 15) is 9.59 Å². The molecule has 7 nitrogen and oxygen atoms in total. The summed E-state index contributed by atoms with van der Waals surface area (Å²) in [5.41, 5.74) is 1.99. The zero-order valence-corrected chi connectivity index (χ0v) is 20.5. The van der Waals surface area contributed by atoms with Crippen molar-refractivity contribution in [3.05, 3.63) is 94.8 Å². The van der Waals surface area contributed by atoms with E-state index >= 15 is 0 Å². The van der Waals surface area contributed by atoms with Crippen molar-refractivity contribution in [1.82, 2.24) is 14.5 Å². The predicted molar refractivity (Wildman–Crippen MR) is 138 cm³/mol. The smallest absolute Gasteiger partial charge is 0.266 e. The molecule has 0 fully saturated rings. The molecular weight excluding hydrogens is 462 g/mol. The molecule has 4 aromatic rings. The lowest BCUT2D eigenvalue weighted by atomic mass is 10.2. The highest BCUT2D eigenvalue weighted by atomic mass is 32.2. The van der Waals surface area contributed by atoms with Gasteiger partial charge < -0.3 is 14.4 Å². The zero-order valence-electron chi connectivity index (χ0n) is 19.7. The molecule has 0 saturated heterocycles. The Morgan fingerprint density at radius 2 is 1.69 bits per heavy atom. The van der Waals surface area contributed by atoms with Crippen molar-refractivity contribution in [1.29, 1.82) is 0 Å². The van der Waals surface area contributed by atoms with Crippen LogP contribution in [-0.4, -0.2) is 53.5 Å². The maximum atomic E-state index is 13.5. The van der Waals surface area contributed by atoms with Crippen molar-refractivity contribution in [2.45, 2.75) is 11.7 Å². The van der Waals surface area contributed by atoms with Crippen LogP contribution < -0.4 is 10.3 Å². The minimum atomic E-state index is -0.212. The topological polar surface area (TPSA) is 73.7 Å². The third-order valence-corrected chi connectivity index (χ3v) is 6.45. The molecule has 1 amide bonds. The van der Waals surface area contributed by atoms with Crippen molar-refractivity contribution in [2.75, 3.05) is 33.1 Å². The van der Waals surface area contributed by atoms with Gasteiger partial charge in [-0.1, -0.05) is 66.4 Å². The molecule has 3 aromatic carbocycles. The zero-order chi connectivity index (χ0) is 24.6. The first-order valence-corrected chi connectivity index (χ1v) is 12.2. The van der Waals surface area contributed by atoms with E-state index in [1.165, 1.54) is 16.3 Å². The summed E-state index contributed by atoms with van der Waals surface area (Å²) in [5, 5.41) is 0.929. The second-order valence-corrected chi connectivity index (χ2v) is 8.75. The Labute approximate surface area is 208 Å². The number of carbonyl (C=O) groups is 1. The van der Waals surface area contributed by atoms with Gasteiger partial charge in [0.25, 0.3) is 5.56 Å². The molecule has 0 aliphatic rings. The van der Waals surface area contributed by atoms with Crippen LogP contribution in [0.5, 0.6) is 5.75 Å². The Kier molecular flexibility index (Phi) is 8.18. The summed E-state index contributed by atoms with van der Waals surface area (Å²) < 4.78 is 12.3. The van der Waals surface area contributed by atoms with Crippen LogP contribution in [0.15, 0.2) is 88.8 Å². The number of fused-ring (bicyclic) bond motifs is 1. The van der Waals surface area contributed by atoms with Gasteiger partial charge in [0.1, 0.15) is 5.75 Å². The van der Waals surface area contributed by atoms with Crippen LogP contribution in [-0.2, 0) is 16.1 Å². The van der Waals surface area contributed by atoms with E-state index in [0.29, 0.717) is 47.2 Å². The molecule has 0 atom stereocenters. The number of methoxy groups -OCH3 is 2. The highest BCUT2D eigenvalue weighted by Gasteiger charge is 2.19. The number of thioether (sulfide) groups is 1. The number of para-hydroxylation sites is 3. The monoisotopic (exact) mass is 489 g/mol. The van der Waals surface area contributed by atoms with Gasteiger partial charge in [-0.15, -0.1) is 0 Å². The minimum Gasteiger partial charge on any atom is -0.495 e. The molecule has 8 heteroatoms. The molecule has 0 spiro atoms. The van der Waals surface area contributed by atoms with E-state index in [2.05, 4.69) is 0 Å². The molecule has 0 radical (unpaired) electrons.